The zero-order valence-electron chi connectivity index (χ0n) is 21.5. The van der Waals surface area contributed by atoms with Crippen LogP contribution in [0.15, 0.2) is 30.4 Å². The molecule has 1 saturated heterocycles. The summed E-state index contributed by atoms with van der Waals surface area (Å²) in [7, 11) is 18.2. The molecule has 2 aliphatic rings. The maximum atomic E-state index is 14.0. The minimum Gasteiger partial charge on any atom is -0.508 e. The van der Waals surface area contributed by atoms with Gasteiger partial charge in [-0.2, -0.15) is 5.10 Å². The van der Waals surface area contributed by atoms with Crippen molar-refractivity contribution in [2.24, 2.45) is 5.92 Å². The van der Waals surface area contributed by atoms with E-state index in [1.807, 2.05) is 45.1 Å². The third-order valence-corrected chi connectivity index (χ3v) is 6.46. The van der Waals surface area contributed by atoms with E-state index in [-0.39, 0.29) is 31.3 Å². The number of carbonyl (C=O) groups is 1. The number of rotatable bonds is 7. The predicted octanol–water partition coefficient (Wildman–Crippen LogP) is 3.13. The van der Waals surface area contributed by atoms with Gasteiger partial charge in [-0.25, -0.2) is 4.68 Å². The highest BCUT2D eigenvalue weighted by Crippen LogP contribution is 2.44. The van der Waals surface area contributed by atoms with E-state index in [1.54, 1.807) is 10.7 Å². The number of fused-ring (bicyclic) bond motifs is 3. The number of allylic oxidation sites excluding steroid dienone is 4. The summed E-state index contributed by atoms with van der Waals surface area (Å²) in [5.74, 6) is 0.522. The van der Waals surface area contributed by atoms with E-state index in [0.29, 0.717) is 29.3 Å². The summed E-state index contributed by atoms with van der Waals surface area (Å²) in [5.41, 5.74) is 2.98. The van der Waals surface area contributed by atoms with Crippen LogP contribution in [0.2, 0.25) is 0 Å². The number of amides is 1. The lowest BCUT2D eigenvalue weighted by molar-refractivity contribution is -0.117. The molecule has 7 nitrogen and oxygen atoms in total. The summed E-state index contributed by atoms with van der Waals surface area (Å²) < 4.78 is 13.1. The maximum absolute atomic E-state index is 14.0. The number of ether oxygens (including phenoxy) is 2. The molecule has 0 unspecified atom stereocenters. The average Bonchev–Trinajstić information content (AvgIpc) is 3.15. The van der Waals surface area contributed by atoms with Gasteiger partial charge in [0, 0.05) is 17.2 Å². The third-order valence-electron chi connectivity index (χ3n) is 6.46. The van der Waals surface area contributed by atoms with Crippen molar-refractivity contribution in [2.45, 2.75) is 58.4 Å². The molecular weight excluding hydrogens is 451 g/mol. The molecule has 1 aromatic carbocycles. The van der Waals surface area contributed by atoms with Crippen LogP contribution in [0.3, 0.4) is 0 Å². The van der Waals surface area contributed by atoms with Gasteiger partial charge in [-0.3, -0.25) is 4.79 Å². The van der Waals surface area contributed by atoms with Gasteiger partial charge < -0.3 is 19.5 Å². The topological polar surface area (TPSA) is 76.8 Å². The highest BCUT2D eigenvalue weighted by atomic mass is 16.5. The molecule has 0 aliphatic carbocycles. The van der Waals surface area contributed by atoms with Gasteiger partial charge in [-0.05, 0) is 50.8 Å². The molecule has 0 spiro atoms. The quantitative estimate of drug-likeness (QED) is 0.486. The minimum atomic E-state index is -1.93. The smallest absolute Gasteiger partial charge is 0.273 e. The first kappa shape index (κ1) is 26.2. The van der Waals surface area contributed by atoms with E-state index in [9.17, 15) is 9.90 Å². The Labute approximate surface area is 216 Å². The second kappa shape index (κ2) is 9.54. The van der Waals surface area contributed by atoms with Gasteiger partial charge in [0.1, 0.15) is 18.1 Å². The predicted molar refractivity (Wildman–Crippen MR) is 142 cm³/mol. The number of aromatic hydroxyl groups is 1. The number of aromatic nitrogens is 2. The summed E-state index contributed by atoms with van der Waals surface area (Å²) in [6.45, 7) is 10.4. The number of hydrogen-bond donors (Lipinski definition) is 1. The van der Waals surface area contributed by atoms with E-state index >= 15 is 0 Å². The van der Waals surface area contributed by atoms with Gasteiger partial charge in [-0.1, -0.05) is 31.2 Å². The van der Waals surface area contributed by atoms with Gasteiger partial charge >= 0.3 is 0 Å². The SMILES string of the molecule is [B]C([B])([B])N(C(=O)c1nn(C(/C=C\C)=C/C)c2c1COc1cc(O)c(CC(C)C)cc1-2)C1(C)COC1. The third kappa shape index (κ3) is 4.51. The first-order valence-corrected chi connectivity index (χ1v) is 12.1. The van der Waals surface area contributed by atoms with Gasteiger partial charge in [-0.15, -0.1) is 0 Å². The van der Waals surface area contributed by atoms with Crippen LogP contribution in [0.1, 0.15) is 56.2 Å². The number of benzene rings is 1. The normalized spacial score (nSPS) is 16.9. The zero-order valence-corrected chi connectivity index (χ0v) is 21.5. The fourth-order valence-electron chi connectivity index (χ4n) is 4.87. The molecule has 1 aromatic heterocycles. The molecule has 0 atom stereocenters. The summed E-state index contributed by atoms with van der Waals surface area (Å²) in [5, 5.41) is 13.4. The van der Waals surface area contributed by atoms with Crippen LogP contribution in [0.5, 0.6) is 11.5 Å². The lowest BCUT2D eigenvalue weighted by atomic mass is 9.47. The Morgan fingerprint density at radius 2 is 2.00 bits per heavy atom. The Morgan fingerprint density at radius 3 is 2.53 bits per heavy atom. The van der Waals surface area contributed by atoms with Crippen LogP contribution in [-0.4, -0.2) is 73.2 Å². The molecule has 182 valence electrons. The first-order chi connectivity index (χ1) is 16.9. The molecule has 1 N–H and O–H groups in total. The lowest BCUT2D eigenvalue weighted by Crippen LogP contribution is -2.70. The molecule has 3 heterocycles. The molecule has 2 aliphatic heterocycles. The van der Waals surface area contributed by atoms with Crippen molar-refractivity contribution in [1.29, 1.82) is 0 Å². The van der Waals surface area contributed by atoms with Gasteiger partial charge in [0.2, 0.25) is 0 Å². The second-order valence-corrected chi connectivity index (χ2v) is 10.2. The molecule has 1 amide bonds. The fraction of sp³-hybridized carbons (Fsp3) is 0.462. The second-order valence-electron chi connectivity index (χ2n) is 10.2. The van der Waals surface area contributed by atoms with Crippen molar-refractivity contribution in [1.82, 2.24) is 14.7 Å². The van der Waals surface area contributed by atoms with Crippen molar-refractivity contribution in [2.75, 3.05) is 13.2 Å². The van der Waals surface area contributed by atoms with Crippen molar-refractivity contribution < 1.29 is 19.4 Å². The zero-order chi connectivity index (χ0) is 26.4. The molecule has 0 bridgehead atoms. The minimum absolute atomic E-state index is 0.0764. The monoisotopic (exact) mass is 481 g/mol. The average molecular weight is 481 g/mol. The molecule has 1 fully saturated rings. The first-order valence-electron chi connectivity index (χ1n) is 12.1. The van der Waals surface area contributed by atoms with Gasteiger partial charge in [0.15, 0.2) is 5.69 Å². The summed E-state index contributed by atoms with van der Waals surface area (Å²) >= 11 is 0. The van der Waals surface area contributed by atoms with Crippen LogP contribution in [0, 0.1) is 5.92 Å². The van der Waals surface area contributed by atoms with Gasteiger partial charge in [0.25, 0.3) is 5.91 Å². The van der Waals surface area contributed by atoms with E-state index < -0.39 is 16.7 Å². The lowest BCUT2D eigenvalue weighted by Gasteiger charge is -2.54. The summed E-state index contributed by atoms with van der Waals surface area (Å²) in [4.78, 5) is 15.2. The van der Waals surface area contributed by atoms with Crippen LogP contribution in [0.25, 0.3) is 17.0 Å². The van der Waals surface area contributed by atoms with Crippen LogP contribution in [-0.2, 0) is 17.8 Å². The van der Waals surface area contributed by atoms with Crippen LogP contribution >= 0.6 is 0 Å². The highest BCUT2D eigenvalue weighted by Gasteiger charge is 2.48. The molecule has 36 heavy (non-hydrogen) atoms. The molecule has 4 rings (SSSR count). The Balaban J connectivity index is 1.95. The summed E-state index contributed by atoms with van der Waals surface area (Å²) in [6.07, 6.45) is 6.39. The molecule has 6 radical (unpaired) electrons. The Hall–Kier alpha value is -2.87. The van der Waals surface area contributed by atoms with Crippen LogP contribution < -0.4 is 4.74 Å². The van der Waals surface area contributed by atoms with Crippen molar-refractivity contribution in [3.63, 3.8) is 0 Å². The number of nitrogens with zero attached hydrogens (tertiary/aromatic N) is 3. The van der Waals surface area contributed by atoms with Crippen molar-refractivity contribution in [3.05, 3.63) is 47.2 Å². The Kier molecular flexibility index (Phi) is 6.95. The Morgan fingerprint density at radius 1 is 1.31 bits per heavy atom. The summed E-state index contributed by atoms with van der Waals surface area (Å²) in [6, 6.07) is 3.54. The van der Waals surface area contributed by atoms with E-state index in [2.05, 4.69) is 13.8 Å². The van der Waals surface area contributed by atoms with Crippen molar-refractivity contribution in [3.8, 4) is 22.8 Å². The van der Waals surface area contributed by atoms with Gasteiger partial charge in [0.05, 0.1) is 53.7 Å². The number of phenolic OH excluding ortho intramolecular Hbond substituents is 1. The van der Waals surface area contributed by atoms with E-state index in [4.69, 9.17) is 38.1 Å². The molecule has 10 heteroatoms. The molecular formula is C26H30B3N3O4. The highest BCUT2D eigenvalue weighted by molar-refractivity contribution is 6.60. The molecule has 2 aromatic rings. The fourth-order valence-corrected chi connectivity index (χ4v) is 4.87. The largest absolute Gasteiger partial charge is 0.508 e. The Bertz CT molecular complexity index is 1240. The standard InChI is InChI=1S/C26H30B3N3O4/c1-6-8-17(7-2)31-23-18-10-16(9-15(3)4)20(33)11-21(18)36-12-19(23)22(30-31)24(34)32(26(27,28)29)25(5)13-35-14-25/h6-8,10-11,15,33H,9,12-14H2,1-5H3/b8-6-,17-7+. The van der Waals surface area contributed by atoms with E-state index in [1.165, 1.54) is 4.90 Å². The number of carbonyl (C=O) groups excluding carboxylic acids is 1. The van der Waals surface area contributed by atoms with Crippen molar-refractivity contribution >= 4 is 35.1 Å². The maximum Gasteiger partial charge on any atom is 0.273 e. The van der Waals surface area contributed by atoms with E-state index in [0.717, 1.165) is 16.8 Å². The molecule has 0 saturated carbocycles. The number of phenols is 1. The number of hydrogen-bond acceptors (Lipinski definition) is 5. The van der Waals surface area contributed by atoms with Crippen LogP contribution in [0.4, 0.5) is 0 Å².